The van der Waals surface area contributed by atoms with Gasteiger partial charge in [-0.05, 0) is 23.1 Å². The Morgan fingerprint density at radius 1 is 1.23 bits per heavy atom. The summed E-state index contributed by atoms with van der Waals surface area (Å²) in [5, 5.41) is 9.96. The average Bonchev–Trinajstić information content (AvgIpc) is 2.90. The standard InChI is InChI=1S/C21H29NO4/c1-20(2,3)18-17(26-13-21(18,4)5)14-6-8-15(9-7-14)19(24)22-10-11-25-12-16(22)23/h6-9,16,23H,10-13H2,1-5H3. The van der Waals surface area contributed by atoms with Crippen LogP contribution in [0.15, 0.2) is 29.8 Å². The van der Waals surface area contributed by atoms with Gasteiger partial charge in [-0.2, -0.15) is 0 Å². The third-order valence-electron chi connectivity index (χ3n) is 4.99. The van der Waals surface area contributed by atoms with Crippen molar-refractivity contribution in [2.24, 2.45) is 10.8 Å². The summed E-state index contributed by atoms with van der Waals surface area (Å²) in [4.78, 5) is 14.1. The number of carbonyl (C=O) groups excluding carboxylic acids is 1. The Balaban J connectivity index is 1.89. The molecule has 1 unspecified atom stereocenters. The molecule has 1 saturated heterocycles. The van der Waals surface area contributed by atoms with E-state index in [2.05, 4.69) is 34.6 Å². The fourth-order valence-electron chi connectivity index (χ4n) is 4.05. The van der Waals surface area contributed by atoms with Gasteiger partial charge in [-0.3, -0.25) is 4.79 Å². The van der Waals surface area contributed by atoms with Crippen molar-refractivity contribution in [2.45, 2.75) is 40.8 Å². The van der Waals surface area contributed by atoms with Crippen LogP contribution in [0.5, 0.6) is 0 Å². The van der Waals surface area contributed by atoms with E-state index in [1.807, 2.05) is 24.3 Å². The number of nitrogens with zero attached hydrogens (tertiary/aromatic N) is 1. The Morgan fingerprint density at radius 3 is 2.46 bits per heavy atom. The van der Waals surface area contributed by atoms with Gasteiger partial charge in [0.05, 0.1) is 19.8 Å². The summed E-state index contributed by atoms with van der Waals surface area (Å²) in [6.07, 6.45) is -0.884. The SMILES string of the molecule is CC(C)(C)C1=C(c2ccc(C(=O)N3CCOCC3O)cc2)OCC1(C)C. The third-order valence-corrected chi connectivity index (χ3v) is 4.99. The van der Waals surface area contributed by atoms with E-state index in [-0.39, 0.29) is 23.3 Å². The molecule has 0 aromatic heterocycles. The van der Waals surface area contributed by atoms with Crippen LogP contribution < -0.4 is 0 Å². The highest BCUT2D eigenvalue weighted by molar-refractivity contribution is 5.94. The molecule has 0 radical (unpaired) electrons. The molecule has 1 fully saturated rings. The van der Waals surface area contributed by atoms with Crippen LogP contribution in [-0.2, 0) is 9.47 Å². The molecular weight excluding hydrogens is 330 g/mol. The van der Waals surface area contributed by atoms with E-state index in [1.54, 1.807) is 0 Å². The van der Waals surface area contributed by atoms with Crippen molar-refractivity contribution in [3.8, 4) is 0 Å². The number of hydrogen-bond acceptors (Lipinski definition) is 4. The molecule has 2 aliphatic heterocycles. The largest absolute Gasteiger partial charge is 0.492 e. The molecule has 5 heteroatoms. The summed E-state index contributed by atoms with van der Waals surface area (Å²) in [6, 6.07) is 7.48. The molecule has 0 spiro atoms. The maximum absolute atomic E-state index is 12.6. The molecule has 3 rings (SSSR count). The van der Waals surface area contributed by atoms with Crippen LogP contribution in [0.25, 0.3) is 5.76 Å². The van der Waals surface area contributed by atoms with Crippen LogP contribution in [0, 0.1) is 10.8 Å². The molecule has 0 bridgehead atoms. The molecule has 0 aliphatic carbocycles. The number of hydrogen-bond donors (Lipinski definition) is 1. The van der Waals surface area contributed by atoms with Gasteiger partial charge in [0.15, 0.2) is 6.23 Å². The van der Waals surface area contributed by atoms with E-state index in [9.17, 15) is 9.90 Å². The Morgan fingerprint density at radius 2 is 1.88 bits per heavy atom. The van der Waals surface area contributed by atoms with Gasteiger partial charge in [-0.1, -0.05) is 46.8 Å². The smallest absolute Gasteiger partial charge is 0.256 e. The van der Waals surface area contributed by atoms with Gasteiger partial charge >= 0.3 is 0 Å². The second kappa shape index (κ2) is 6.71. The number of morpholine rings is 1. The first kappa shape index (κ1) is 18.9. The molecule has 1 amide bonds. The molecule has 1 aromatic rings. The molecule has 2 aliphatic rings. The quantitative estimate of drug-likeness (QED) is 0.880. The lowest BCUT2D eigenvalue weighted by Gasteiger charge is -2.32. The lowest BCUT2D eigenvalue weighted by atomic mass is 9.71. The van der Waals surface area contributed by atoms with Crippen molar-refractivity contribution in [1.29, 1.82) is 0 Å². The monoisotopic (exact) mass is 359 g/mol. The summed E-state index contributed by atoms with van der Waals surface area (Å²) >= 11 is 0. The number of rotatable bonds is 2. The van der Waals surface area contributed by atoms with Crippen molar-refractivity contribution in [3.63, 3.8) is 0 Å². The van der Waals surface area contributed by atoms with Gasteiger partial charge in [0, 0.05) is 23.1 Å². The zero-order valence-corrected chi connectivity index (χ0v) is 16.3. The van der Waals surface area contributed by atoms with Crippen LogP contribution in [0.2, 0.25) is 0 Å². The van der Waals surface area contributed by atoms with E-state index in [1.165, 1.54) is 10.5 Å². The van der Waals surface area contributed by atoms with Crippen molar-refractivity contribution in [2.75, 3.05) is 26.4 Å². The minimum absolute atomic E-state index is 0.00172. The Hall–Kier alpha value is -1.85. The summed E-state index contributed by atoms with van der Waals surface area (Å²) in [5.74, 6) is 0.748. The van der Waals surface area contributed by atoms with Crippen molar-refractivity contribution < 1.29 is 19.4 Å². The summed E-state index contributed by atoms with van der Waals surface area (Å²) in [6.45, 7) is 12.7. The zero-order chi connectivity index (χ0) is 19.1. The minimum Gasteiger partial charge on any atom is -0.492 e. The van der Waals surface area contributed by atoms with E-state index >= 15 is 0 Å². The molecule has 1 atom stereocenters. The van der Waals surface area contributed by atoms with E-state index in [0.717, 1.165) is 11.3 Å². The number of benzene rings is 1. The molecule has 5 nitrogen and oxygen atoms in total. The molecule has 142 valence electrons. The third kappa shape index (κ3) is 3.51. The van der Waals surface area contributed by atoms with Gasteiger partial charge in [0.1, 0.15) is 5.76 Å². The van der Waals surface area contributed by atoms with Gasteiger partial charge in [0.25, 0.3) is 5.91 Å². The zero-order valence-electron chi connectivity index (χ0n) is 16.3. The van der Waals surface area contributed by atoms with Crippen molar-refractivity contribution in [1.82, 2.24) is 4.90 Å². The number of ether oxygens (including phenoxy) is 2. The van der Waals surface area contributed by atoms with Crippen LogP contribution in [0.1, 0.15) is 50.5 Å². The van der Waals surface area contributed by atoms with Crippen LogP contribution >= 0.6 is 0 Å². The first-order valence-corrected chi connectivity index (χ1v) is 9.16. The van der Waals surface area contributed by atoms with E-state index in [0.29, 0.717) is 25.3 Å². The molecular formula is C21H29NO4. The maximum atomic E-state index is 12.6. The minimum atomic E-state index is -0.884. The van der Waals surface area contributed by atoms with Gasteiger partial charge in [0.2, 0.25) is 0 Å². The first-order valence-electron chi connectivity index (χ1n) is 9.16. The summed E-state index contributed by atoms with van der Waals surface area (Å²) in [7, 11) is 0. The molecule has 1 N–H and O–H groups in total. The van der Waals surface area contributed by atoms with Crippen LogP contribution in [0.4, 0.5) is 0 Å². The second-order valence-corrected chi connectivity index (χ2v) is 8.76. The lowest BCUT2D eigenvalue weighted by molar-refractivity contribution is -0.0874. The van der Waals surface area contributed by atoms with Crippen LogP contribution in [0.3, 0.4) is 0 Å². The molecule has 26 heavy (non-hydrogen) atoms. The molecule has 2 heterocycles. The van der Waals surface area contributed by atoms with Gasteiger partial charge in [-0.25, -0.2) is 0 Å². The lowest BCUT2D eigenvalue weighted by Crippen LogP contribution is -2.48. The highest BCUT2D eigenvalue weighted by atomic mass is 16.5. The normalized spacial score (nSPS) is 23.2. The van der Waals surface area contributed by atoms with Crippen LogP contribution in [-0.4, -0.2) is 48.5 Å². The Labute approximate surface area is 155 Å². The fourth-order valence-corrected chi connectivity index (χ4v) is 4.05. The topological polar surface area (TPSA) is 59.0 Å². The van der Waals surface area contributed by atoms with Gasteiger partial charge in [-0.15, -0.1) is 0 Å². The maximum Gasteiger partial charge on any atom is 0.256 e. The number of aliphatic hydroxyl groups excluding tert-OH is 1. The Bertz CT molecular complexity index is 713. The van der Waals surface area contributed by atoms with E-state index < -0.39 is 6.23 Å². The van der Waals surface area contributed by atoms with Crippen molar-refractivity contribution in [3.05, 3.63) is 41.0 Å². The predicted octanol–water partition coefficient (Wildman–Crippen LogP) is 3.29. The molecule has 0 saturated carbocycles. The summed E-state index contributed by atoms with van der Waals surface area (Å²) < 4.78 is 11.2. The van der Waals surface area contributed by atoms with E-state index in [4.69, 9.17) is 9.47 Å². The first-order chi connectivity index (χ1) is 12.1. The fraction of sp³-hybridized carbons (Fsp3) is 0.571. The number of aliphatic hydroxyl groups is 1. The average molecular weight is 359 g/mol. The number of amides is 1. The molecule has 1 aromatic carbocycles. The van der Waals surface area contributed by atoms with Crippen molar-refractivity contribution >= 4 is 11.7 Å². The highest BCUT2D eigenvalue weighted by Gasteiger charge is 2.41. The Kier molecular flexibility index (Phi) is 4.88. The van der Waals surface area contributed by atoms with Gasteiger partial charge < -0.3 is 19.5 Å². The number of carbonyl (C=O) groups is 1. The summed E-state index contributed by atoms with van der Waals surface area (Å²) in [5.41, 5.74) is 2.83. The second-order valence-electron chi connectivity index (χ2n) is 8.76. The highest BCUT2D eigenvalue weighted by Crippen LogP contribution is 2.49. The predicted molar refractivity (Wildman–Crippen MR) is 100 cm³/mol.